The Hall–Kier alpha value is -2.10. The van der Waals surface area contributed by atoms with Crippen LogP contribution in [0.1, 0.15) is 58.4 Å². The molecule has 0 aliphatic carbocycles. The normalized spacial score (nSPS) is 14.4. The van der Waals surface area contributed by atoms with E-state index in [-0.39, 0.29) is 11.6 Å². The van der Waals surface area contributed by atoms with Crippen LogP contribution in [0.4, 0.5) is 0 Å². The zero-order valence-corrected chi connectivity index (χ0v) is 15.5. The van der Waals surface area contributed by atoms with Crippen LogP contribution in [-0.4, -0.2) is 18.4 Å². The molecule has 2 rings (SSSR count). The van der Waals surface area contributed by atoms with E-state index in [2.05, 4.69) is 19.1 Å². The average Bonchev–Trinajstić information content (AvgIpc) is 3.07. The number of Topliss-reactive ketones (excluding diaryl/α,β-unsaturated/α-hetero) is 2. The molecule has 1 aliphatic heterocycles. The van der Waals surface area contributed by atoms with Crippen molar-refractivity contribution in [3.05, 3.63) is 35.4 Å². The van der Waals surface area contributed by atoms with Gasteiger partial charge in [0, 0.05) is 6.42 Å². The van der Waals surface area contributed by atoms with Crippen molar-refractivity contribution in [2.75, 3.05) is 6.79 Å². The number of fused-ring (bicyclic) bond motifs is 1. The van der Waals surface area contributed by atoms with E-state index in [4.69, 9.17) is 9.47 Å². The zero-order chi connectivity index (χ0) is 18.2. The van der Waals surface area contributed by atoms with Gasteiger partial charge in [0.2, 0.25) is 6.79 Å². The SMILES string of the molecule is CCC(=O)C(CCC(=CCCc1ccc2c(c1)OCO2)CC)C(C)=O. The fraction of sp³-hybridized carbons (Fsp3) is 0.524. The first-order valence-electron chi connectivity index (χ1n) is 9.14. The second kappa shape index (κ2) is 9.40. The van der Waals surface area contributed by atoms with E-state index in [1.165, 1.54) is 18.1 Å². The molecule has 1 aromatic rings. The summed E-state index contributed by atoms with van der Waals surface area (Å²) in [5, 5.41) is 0. The van der Waals surface area contributed by atoms with Crippen molar-refractivity contribution >= 4 is 11.6 Å². The minimum atomic E-state index is -0.436. The molecule has 1 heterocycles. The molecule has 0 fully saturated rings. The molecule has 1 aliphatic rings. The fourth-order valence-corrected chi connectivity index (χ4v) is 3.13. The first-order chi connectivity index (χ1) is 12.0. The Kier molecular flexibility index (Phi) is 7.23. The van der Waals surface area contributed by atoms with Crippen LogP contribution >= 0.6 is 0 Å². The molecule has 0 saturated heterocycles. The highest BCUT2D eigenvalue weighted by atomic mass is 16.7. The Morgan fingerprint density at radius 3 is 2.60 bits per heavy atom. The van der Waals surface area contributed by atoms with Crippen LogP contribution in [0.2, 0.25) is 0 Å². The fourth-order valence-electron chi connectivity index (χ4n) is 3.13. The Labute approximate surface area is 150 Å². The molecule has 0 N–H and O–H groups in total. The zero-order valence-electron chi connectivity index (χ0n) is 15.5. The van der Waals surface area contributed by atoms with E-state index in [0.717, 1.165) is 37.2 Å². The summed E-state index contributed by atoms with van der Waals surface area (Å²) in [6.45, 7) is 5.76. The number of hydrogen-bond acceptors (Lipinski definition) is 4. The molecule has 0 spiro atoms. The van der Waals surface area contributed by atoms with Crippen molar-refractivity contribution in [2.45, 2.75) is 59.3 Å². The maximum Gasteiger partial charge on any atom is 0.231 e. The molecule has 25 heavy (non-hydrogen) atoms. The Bertz CT molecular complexity index is 645. The largest absolute Gasteiger partial charge is 0.454 e. The summed E-state index contributed by atoms with van der Waals surface area (Å²) >= 11 is 0. The smallest absolute Gasteiger partial charge is 0.231 e. The van der Waals surface area contributed by atoms with E-state index >= 15 is 0 Å². The monoisotopic (exact) mass is 344 g/mol. The van der Waals surface area contributed by atoms with E-state index in [1.54, 1.807) is 0 Å². The minimum Gasteiger partial charge on any atom is -0.454 e. The summed E-state index contributed by atoms with van der Waals surface area (Å²) in [4.78, 5) is 23.6. The Balaban J connectivity index is 1.87. The van der Waals surface area contributed by atoms with Crippen molar-refractivity contribution in [3.8, 4) is 11.5 Å². The summed E-state index contributed by atoms with van der Waals surface area (Å²) in [5.74, 6) is 1.24. The quantitative estimate of drug-likeness (QED) is 0.458. The van der Waals surface area contributed by atoms with Gasteiger partial charge < -0.3 is 9.47 Å². The van der Waals surface area contributed by atoms with E-state index < -0.39 is 5.92 Å². The van der Waals surface area contributed by atoms with Gasteiger partial charge in [0.05, 0.1) is 5.92 Å². The number of aryl methyl sites for hydroxylation is 1. The molecular formula is C21H28O4. The lowest BCUT2D eigenvalue weighted by molar-refractivity contribution is -0.131. The molecule has 1 atom stereocenters. The number of hydrogen-bond donors (Lipinski definition) is 0. The van der Waals surface area contributed by atoms with Gasteiger partial charge in [-0.05, 0) is 56.7 Å². The van der Waals surface area contributed by atoms with Crippen LogP contribution in [-0.2, 0) is 16.0 Å². The van der Waals surface area contributed by atoms with Gasteiger partial charge in [0.1, 0.15) is 11.6 Å². The Morgan fingerprint density at radius 2 is 1.92 bits per heavy atom. The van der Waals surface area contributed by atoms with Crippen molar-refractivity contribution in [1.82, 2.24) is 0 Å². The predicted molar refractivity (Wildman–Crippen MR) is 98.0 cm³/mol. The minimum absolute atomic E-state index is 0.0114. The first kappa shape index (κ1) is 19.2. The molecule has 0 radical (unpaired) electrons. The topological polar surface area (TPSA) is 52.6 Å². The van der Waals surface area contributed by atoms with Gasteiger partial charge in [-0.2, -0.15) is 0 Å². The van der Waals surface area contributed by atoms with Crippen LogP contribution in [0.25, 0.3) is 0 Å². The number of benzene rings is 1. The van der Waals surface area contributed by atoms with Gasteiger partial charge in [-0.15, -0.1) is 0 Å². The van der Waals surface area contributed by atoms with Gasteiger partial charge in [0.25, 0.3) is 0 Å². The predicted octanol–water partition coefficient (Wildman–Crippen LogP) is 4.65. The van der Waals surface area contributed by atoms with Crippen LogP contribution in [0.3, 0.4) is 0 Å². The molecule has 1 aromatic carbocycles. The maximum atomic E-state index is 11.9. The molecule has 1 unspecified atom stereocenters. The van der Waals surface area contributed by atoms with Crippen LogP contribution < -0.4 is 9.47 Å². The van der Waals surface area contributed by atoms with E-state index in [0.29, 0.717) is 19.6 Å². The lowest BCUT2D eigenvalue weighted by Crippen LogP contribution is -2.21. The average molecular weight is 344 g/mol. The maximum absolute atomic E-state index is 11.9. The first-order valence-corrected chi connectivity index (χ1v) is 9.14. The third-order valence-electron chi connectivity index (χ3n) is 4.74. The van der Waals surface area contributed by atoms with Gasteiger partial charge >= 0.3 is 0 Å². The lowest BCUT2D eigenvalue weighted by atomic mass is 9.90. The Morgan fingerprint density at radius 1 is 1.16 bits per heavy atom. The van der Waals surface area contributed by atoms with Crippen LogP contribution in [0.15, 0.2) is 29.8 Å². The van der Waals surface area contributed by atoms with Gasteiger partial charge in [0.15, 0.2) is 11.5 Å². The van der Waals surface area contributed by atoms with Crippen molar-refractivity contribution in [3.63, 3.8) is 0 Å². The highest BCUT2D eigenvalue weighted by molar-refractivity contribution is 6.01. The summed E-state index contributed by atoms with van der Waals surface area (Å²) in [7, 11) is 0. The molecule has 136 valence electrons. The van der Waals surface area contributed by atoms with E-state index in [9.17, 15) is 9.59 Å². The van der Waals surface area contributed by atoms with Gasteiger partial charge in [-0.25, -0.2) is 0 Å². The second-order valence-electron chi connectivity index (χ2n) is 6.46. The van der Waals surface area contributed by atoms with E-state index in [1.807, 2.05) is 19.1 Å². The highest BCUT2D eigenvalue weighted by Crippen LogP contribution is 2.32. The summed E-state index contributed by atoms with van der Waals surface area (Å²) < 4.78 is 10.7. The van der Waals surface area contributed by atoms with Gasteiger partial charge in [-0.3, -0.25) is 9.59 Å². The summed E-state index contributed by atoms with van der Waals surface area (Å²) in [6.07, 6.45) is 6.95. The third kappa shape index (κ3) is 5.45. The molecule has 0 bridgehead atoms. The number of ether oxygens (including phenoxy) is 2. The molecule has 4 nitrogen and oxygen atoms in total. The molecule has 4 heteroatoms. The van der Waals surface area contributed by atoms with Crippen molar-refractivity contribution in [1.29, 1.82) is 0 Å². The lowest BCUT2D eigenvalue weighted by Gasteiger charge is -2.13. The third-order valence-corrected chi connectivity index (χ3v) is 4.74. The molecule has 0 aromatic heterocycles. The number of carbonyl (C=O) groups is 2. The molecule has 0 saturated carbocycles. The standard InChI is InChI=1S/C21H28O4/c1-4-16(9-11-18(15(3)22)19(23)5-2)7-6-8-17-10-12-20-21(13-17)25-14-24-20/h7,10,12-13,18H,4-6,8-9,11,14H2,1-3H3. The number of rotatable bonds is 10. The van der Waals surface area contributed by atoms with Gasteiger partial charge in [-0.1, -0.05) is 31.6 Å². The van der Waals surface area contributed by atoms with Crippen LogP contribution in [0, 0.1) is 5.92 Å². The highest BCUT2D eigenvalue weighted by Gasteiger charge is 2.21. The number of ketones is 2. The summed E-state index contributed by atoms with van der Waals surface area (Å²) in [5.41, 5.74) is 2.54. The number of carbonyl (C=O) groups excluding carboxylic acids is 2. The van der Waals surface area contributed by atoms with Crippen LogP contribution in [0.5, 0.6) is 11.5 Å². The van der Waals surface area contributed by atoms with Crippen molar-refractivity contribution in [2.24, 2.45) is 5.92 Å². The second-order valence-corrected chi connectivity index (χ2v) is 6.46. The molecule has 0 amide bonds. The van der Waals surface area contributed by atoms with Crippen molar-refractivity contribution < 1.29 is 19.1 Å². The summed E-state index contributed by atoms with van der Waals surface area (Å²) in [6, 6.07) is 6.06. The number of allylic oxidation sites excluding steroid dienone is 2. The molecular weight excluding hydrogens is 316 g/mol.